The highest BCUT2D eigenvalue weighted by Crippen LogP contribution is 2.35. The van der Waals surface area contributed by atoms with E-state index in [4.69, 9.17) is 5.73 Å². The summed E-state index contributed by atoms with van der Waals surface area (Å²) in [4.78, 5) is 17.6. The van der Waals surface area contributed by atoms with E-state index in [9.17, 15) is 23.1 Å². The molecule has 1 aromatic carbocycles. The number of hydrogen-bond acceptors (Lipinski definition) is 4. The maximum atomic E-state index is 14.0. The maximum absolute atomic E-state index is 14.0. The van der Waals surface area contributed by atoms with Crippen molar-refractivity contribution in [2.45, 2.75) is 25.3 Å². The average molecular weight is 369 g/mol. The summed E-state index contributed by atoms with van der Waals surface area (Å²) in [6.07, 6.45) is 0.910. The molecule has 8 heteroatoms. The van der Waals surface area contributed by atoms with Gasteiger partial charge in [-0.1, -0.05) is 19.1 Å². The van der Waals surface area contributed by atoms with Gasteiger partial charge in [0.1, 0.15) is 11.5 Å². The number of aliphatic hydroxyl groups is 1. The van der Waals surface area contributed by atoms with Gasteiger partial charge in [-0.3, -0.25) is 9.79 Å². The number of likely N-dealkylation sites (tertiary alicyclic amines) is 1. The third kappa shape index (κ3) is 4.24. The van der Waals surface area contributed by atoms with Crippen molar-refractivity contribution in [3.63, 3.8) is 0 Å². The fourth-order valence-corrected chi connectivity index (χ4v) is 3.17. The molecule has 1 fully saturated rings. The molecule has 142 valence electrons. The van der Waals surface area contributed by atoms with Crippen LogP contribution in [-0.4, -0.2) is 54.3 Å². The maximum Gasteiger partial charge on any atom is 0.270 e. The minimum Gasteiger partial charge on any atom is -0.394 e. The second-order valence-corrected chi connectivity index (χ2v) is 6.44. The molecule has 26 heavy (non-hydrogen) atoms. The van der Waals surface area contributed by atoms with Crippen LogP contribution >= 0.6 is 0 Å². The van der Waals surface area contributed by atoms with Gasteiger partial charge in [0, 0.05) is 25.3 Å². The summed E-state index contributed by atoms with van der Waals surface area (Å²) in [6.45, 7) is 0.300. The number of amides is 1. The molecule has 1 aliphatic heterocycles. The molecule has 1 saturated heterocycles. The average Bonchev–Trinajstić information content (AvgIpc) is 2.58. The van der Waals surface area contributed by atoms with E-state index in [1.54, 1.807) is 6.92 Å². The lowest BCUT2D eigenvalue weighted by Gasteiger charge is -2.42. The molecule has 5 nitrogen and oxygen atoms in total. The van der Waals surface area contributed by atoms with Gasteiger partial charge in [-0.05, 0) is 23.6 Å². The molecule has 1 unspecified atom stereocenters. The number of benzene rings is 1. The van der Waals surface area contributed by atoms with Crippen LogP contribution in [0.3, 0.4) is 0 Å². The fourth-order valence-electron chi connectivity index (χ4n) is 3.17. The van der Waals surface area contributed by atoms with Gasteiger partial charge in [-0.15, -0.1) is 0 Å². The van der Waals surface area contributed by atoms with Crippen LogP contribution < -0.4 is 5.73 Å². The zero-order valence-corrected chi connectivity index (χ0v) is 14.6. The largest absolute Gasteiger partial charge is 0.394 e. The number of carbonyl (C=O) groups is 1. The topological polar surface area (TPSA) is 78.9 Å². The highest BCUT2D eigenvalue weighted by molar-refractivity contribution is 6.18. The summed E-state index contributed by atoms with van der Waals surface area (Å²) in [5.41, 5.74) is 6.32. The SMILES string of the molecule is CN=CC(=C(N)C(=O)N1CC(F)(F)C[C@@H](C)C1CO)c1ccc(F)cc1. The quantitative estimate of drug-likeness (QED) is 0.630. The normalized spacial score (nSPS) is 23.8. The van der Waals surface area contributed by atoms with Crippen molar-refractivity contribution in [1.82, 2.24) is 4.90 Å². The van der Waals surface area contributed by atoms with Gasteiger partial charge in [-0.25, -0.2) is 13.2 Å². The number of aliphatic imine (C=N–C) groups is 1. The number of nitrogens with two attached hydrogens (primary N) is 1. The smallest absolute Gasteiger partial charge is 0.270 e. The summed E-state index contributed by atoms with van der Waals surface area (Å²) in [7, 11) is 1.47. The van der Waals surface area contributed by atoms with Crippen LogP contribution in [0.1, 0.15) is 18.9 Å². The van der Waals surface area contributed by atoms with Gasteiger partial charge in [-0.2, -0.15) is 0 Å². The molecule has 0 aromatic heterocycles. The lowest BCUT2D eigenvalue weighted by Crippen LogP contribution is -2.57. The fraction of sp³-hybridized carbons (Fsp3) is 0.444. The standard InChI is InChI=1S/C18H22F3N3O2/c1-11-7-18(20,21)10-24(15(11)9-25)17(26)16(22)14(8-23-2)12-3-5-13(19)6-4-12/h3-6,8,11,15,25H,7,9-10,22H2,1-2H3/t11-,15?/m1/s1. The van der Waals surface area contributed by atoms with Crippen molar-refractivity contribution < 1.29 is 23.1 Å². The molecule has 1 heterocycles. The molecule has 0 saturated carbocycles. The second-order valence-electron chi connectivity index (χ2n) is 6.44. The van der Waals surface area contributed by atoms with Crippen LogP contribution in [0.2, 0.25) is 0 Å². The van der Waals surface area contributed by atoms with Crippen LogP contribution in [0.5, 0.6) is 0 Å². The Bertz CT molecular complexity index is 717. The Balaban J connectivity index is 2.45. The van der Waals surface area contributed by atoms with Crippen molar-refractivity contribution >= 4 is 17.7 Å². The van der Waals surface area contributed by atoms with Crippen LogP contribution in [0.25, 0.3) is 5.57 Å². The number of halogens is 3. The molecule has 1 aromatic rings. The van der Waals surface area contributed by atoms with E-state index in [2.05, 4.69) is 4.99 Å². The minimum absolute atomic E-state index is 0.204. The van der Waals surface area contributed by atoms with Crippen LogP contribution in [0.15, 0.2) is 35.0 Å². The van der Waals surface area contributed by atoms with Gasteiger partial charge < -0.3 is 15.7 Å². The highest BCUT2D eigenvalue weighted by atomic mass is 19.3. The van der Waals surface area contributed by atoms with Gasteiger partial charge in [0.25, 0.3) is 11.8 Å². The molecule has 1 aliphatic rings. The first-order valence-corrected chi connectivity index (χ1v) is 8.17. The van der Waals surface area contributed by atoms with Crippen molar-refractivity contribution in [3.8, 4) is 0 Å². The lowest BCUT2D eigenvalue weighted by molar-refractivity contribution is -0.151. The predicted octanol–water partition coefficient (Wildman–Crippen LogP) is 2.06. The molecule has 0 spiro atoms. The minimum atomic E-state index is -3.06. The number of allylic oxidation sites excluding steroid dienone is 1. The monoisotopic (exact) mass is 369 g/mol. The third-order valence-corrected chi connectivity index (χ3v) is 4.46. The molecule has 0 aliphatic carbocycles. The zero-order valence-electron chi connectivity index (χ0n) is 14.6. The zero-order chi connectivity index (χ0) is 19.5. The summed E-state index contributed by atoms with van der Waals surface area (Å²) >= 11 is 0. The van der Waals surface area contributed by atoms with Crippen molar-refractivity contribution in [2.75, 3.05) is 20.2 Å². The number of aliphatic hydroxyl groups excluding tert-OH is 1. The highest BCUT2D eigenvalue weighted by Gasteiger charge is 2.46. The van der Waals surface area contributed by atoms with Gasteiger partial charge in [0.05, 0.1) is 19.2 Å². The number of alkyl halides is 2. The van der Waals surface area contributed by atoms with E-state index in [0.717, 1.165) is 4.90 Å². The molecular formula is C18H22F3N3O2. The van der Waals surface area contributed by atoms with E-state index in [-0.39, 0.29) is 11.3 Å². The third-order valence-electron chi connectivity index (χ3n) is 4.46. The number of carbonyl (C=O) groups excluding carboxylic acids is 1. The van der Waals surface area contributed by atoms with Gasteiger partial charge in [0.2, 0.25) is 0 Å². The Morgan fingerprint density at radius 2 is 2.04 bits per heavy atom. The number of nitrogens with zero attached hydrogens (tertiary/aromatic N) is 2. The van der Waals surface area contributed by atoms with E-state index >= 15 is 0 Å². The molecule has 0 radical (unpaired) electrons. The van der Waals surface area contributed by atoms with Crippen molar-refractivity contribution in [1.29, 1.82) is 0 Å². The van der Waals surface area contributed by atoms with E-state index < -0.39 is 49.2 Å². The number of piperidine rings is 1. The Hall–Kier alpha value is -2.35. The number of hydrogen-bond donors (Lipinski definition) is 2. The molecule has 2 rings (SSSR count). The van der Waals surface area contributed by atoms with E-state index in [0.29, 0.717) is 5.56 Å². The predicted molar refractivity (Wildman–Crippen MR) is 93.2 cm³/mol. The summed E-state index contributed by atoms with van der Waals surface area (Å²) in [5.74, 6) is -4.92. The Morgan fingerprint density at radius 3 is 2.58 bits per heavy atom. The molecule has 2 atom stereocenters. The first kappa shape index (κ1) is 20.0. The number of rotatable bonds is 4. The molecule has 3 N–H and O–H groups in total. The van der Waals surface area contributed by atoms with Gasteiger partial charge in [0.15, 0.2) is 0 Å². The van der Waals surface area contributed by atoms with Crippen molar-refractivity contribution in [2.24, 2.45) is 16.6 Å². The van der Waals surface area contributed by atoms with E-state index in [1.165, 1.54) is 37.5 Å². The summed E-state index contributed by atoms with van der Waals surface area (Å²) in [5, 5.41) is 9.56. The first-order valence-electron chi connectivity index (χ1n) is 8.17. The van der Waals surface area contributed by atoms with Crippen LogP contribution in [0.4, 0.5) is 13.2 Å². The van der Waals surface area contributed by atoms with Crippen LogP contribution in [-0.2, 0) is 4.79 Å². The van der Waals surface area contributed by atoms with Crippen molar-refractivity contribution in [3.05, 3.63) is 41.3 Å². The lowest BCUT2D eigenvalue weighted by atomic mass is 9.88. The molecular weight excluding hydrogens is 347 g/mol. The molecule has 0 bridgehead atoms. The first-order chi connectivity index (χ1) is 12.2. The second kappa shape index (κ2) is 7.90. The summed E-state index contributed by atoms with van der Waals surface area (Å²) in [6, 6.07) is 4.48. The Labute approximate surface area is 150 Å². The summed E-state index contributed by atoms with van der Waals surface area (Å²) < 4.78 is 41.1. The Kier molecular flexibility index (Phi) is 6.07. The Morgan fingerprint density at radius 1 is 1.42 bits per heavy atom. The van der Waals surface area contributed by atoms with E-state index in [1.807, 2.05) is 0 Å². The van der Waals surface area contributed by atoms with Gasteiger partial charge >= 0.3 is 0 Å². The van der Waals surface area contributed by atoms with Crippen LogP contribution in [0, 0.1) is 11.7 Å². The molecule has 1 amide bonds.